The average Bonchev–Trinajstić information content (AvgIpc) is 2.82. The minimum Gasteiger partial charge on any atom is -0.383 e. The number of nitrogens with zero attached hydrogens (tertiary/aromatic N) is 2. The highest BCUT2D eigenvalue weighted by atomic mass is 16.5. The second kappa shape index (κ2) is 4.97. The molecule has 1 fully saturated rings. The Bertz CT molecular complexity index is 306. The van der Waals surface area contributed by atoms with Crippen LogP contribution in [0.3, 0.4) is 0 Å². The number of rotatable bonds is 7. The van der Waals surface area contributed by atoms with E-state index in [-0.39, 0.29) is 0 Å². The largest absolute Gasteiger partial charge is 0.383 e. The Labute approximate surface area is 97.0 Å². The summed E-state index contributed by atoms with van der Waals surface area (Å²) >= 11 is 0. The lowest BCUT2D eigenvalue weighted by Gasteiger charge is -2.20. The lowest BCUT2D eigenvalue weighted by molar-refractivity contribution is 0.168. The van der Waals surface area contributed by atoms with Gasteiger partial charge in [-0.15, -0.1) is 0 Å². The summed E-state index contributed by atoms with van der Waals surface area (Å²) in [6.45, 7) is 5.10. The number of ether oxygens (including phenoxy) is 1. The van der Waals surface area contributed by atoms with E-state index in [1.165, 1.54) is 12.8 Å². The molecule has 1 N–H and O–H groups in total. The summed E-state index contributed by atoms with van der Waals surface area (Å²) in [5, 5.41) is 3.54. The molecule has 90 valence electrons. The highest BCUT2D eigenvalue weighted by Gasteiger charge is 2.42. The normalized spacial score (nSPS) is 19.6. The summed E-state index contributed by atoms with van der Waals surface area (Å²) in [6.07, 6.45) is 8.42. The van der Waals surface area contributed by atoms with Crippen molar-refractivity contribution in [1.29, 1.82) is 0 Å². The summed E-state index contributed by atoms with van der Waals surface area (Å²) in [6, 6.07) is 0.435. The SMILES string of the molecule is COCC(C)NCC1(Cn2ccnc2)CC1. The molecule has 1 saturated carbocycles. The van der Waals surface area contributed by atoms with Gasteiger partial charge in [0.25, 0.3) is 0 Å². The number of nitrogens with one attached hydrogen (secondary N) is 1. The maximum Gasteiger partial charge on any atom is 0.0946 e. The second-order valence-corrected chi connectivity index (χ2v) is 4.97. The van der Waals surface area contributed by atoms with E-state index in [1.54, 1.807) is 7.11 Å². The predicted molar refractivity (Wildman–Crippen MR) is 63.2 cm³/mol. The molecule has 4 heteroatoms. The van der Waals surface area contributed by atoms with Crippen LogP contribution in [0.15, 0.2) is 18.7 Å². The highest BCUT2D eigenvalue weighted by molar-refractivity contribution is 4.96. The monoisotopic (exact) mass is 223 g/mol. The number of imidazole rings is 1. The number of aromatic nitrogens is 2. The molecular weight excluding hydrogens is 202 g/mol. The van der Waals surface area contributed by atoms with Gasteiger partial charge in [0.2, 0.25) is 0 Å². The Kier molecular flexibility index (Phi) is 3.61. The fraction of sp³-hybridized carbons (Fsp3) is 0.750. The van der Waals surface area contributed by atoms with Gasteiger partial charge in [-0.05, 0) is 19.8 Å². The van der Waals surface area contributed by atoms with Gasteiger partial charge in [-0.1, -0.05) is 0 Å². The fourth-order valence-electron chi connectivity index (χ4n) is 2.03. The maximum absolute atomic E-state index is 5.12. The maximum atomic E-state index is 5.12. The van der Waals surface area contributed by atoms with Gasteiger partial charge in [0.15, 0.2) is 0 Å². The Morgan fingerprint density at radius 1 is 1.56 bits per heavy atom. The van der Waals surface area contributed by atoms with Crippen molar-refractivity contribution in [2.75, 3.05) is 20.3 Å². The van der Waals surface area contributed by atoms with Crippen LogP contribution in [-0.2, 0) is 11.3 Å². The van der Waals surface area contributed by atoms with Crippen molar-refractivity contribution in [2.45, 2.75) is 32.4 Å². The topological polar surface area (TPSA) is 39.1 Å². The molecule has 0 aliphatic heterocycles. The number of hydrogen-bond donors (Lipinski definition) is 1. The van der Waals surface area contributed by atoms with Gasteiger partial charge in [-0.2, -0.15) is 0 Å². The van der Waals surface area contributed by atoms with Gasteiger partial charge in [-0.25, -0.2) is 4.98 Å². The molecular formula is C12H21N3O. The molecule has 1 aliphatic carbocycles. The van der Waals surface area contributed by atoms with Crippen molar-refractivity contribution in [1.82, 2.24) is 14.9 Å². The van der Waals surface area contributed by atoms with Crippen LogP contribution in [0, 0.1) is 5.41 Å². The predicted octanol–water partition coefficient (Wildman–Crippen LogP) is 1.29. The molecule has 1 aliphatic rings. The average molecular weight is 223 g/mol. The van der Waals surface area contributed by atoms with Crippen LogP contribution >= 0.6 is 0 Å². The first kappa shape index (κ1) is 11.6. The van der Waals surface area contributed by atoms with Gasteiger partial charge < -0.3 is 14.6 Å². The molecule has 0 spiro atoms. The molecule has 0 amide bonds. The van der Waals surface area contributed by atoms with Crippen LogP contribution in [0.5, 0.6) is 0 Å². The Hall–Kier alpha value is -0.870. The zero-order valence-electron chi connectivity index (χ0n) is 10.1. The first-order chi connectivity index (χ1) is 7.74. The molecule has 4 nitrogen and oxygen atoms in total. The third kappa shape index (κ3) is 3.06. The van der Waals surface area contributed by atoms with E-state index >= 15 is 0 Å². The van der Waals surface area contributed by atoms with Crippen molar-refractivity contribution in [2.24, 2.45) is 5.41 Å². The number of methoxy groups -OCH3 is 1. The van der Waals surface area contributed by atoms with Crippen molar-refractivity contribution < 1.29 is 4.74 Å². The lowest BCUT2D eigenvalue weighted by atomic mass is 10.1. The minimum atomic E-state index is 0.435. The van der Waals surface area contributed by atoms with E-state index < -0.39 is 0 Å². The molecule has 1 aromatic rings. The van der Waals surface area contributed by atoms with Crippen molar-refractivity contribution in [3.63, 3.8) is 0 Å². The lowest BCUT2D eigenvalue weighted by Crippen LogP contribution is -2.36. The quantitative estimate of drug-likeness (QED) is 0.757. The van der Waals surface area contributed by atoms with Crippen LogP contribution in [0.2, 0.25) is 0 Å². The zero-order chi connectivity index (χ0) is 11.4. The Morgan fingerprint density at radius 2 is 2.38 bits per heavy atom. The minimum absolute atomic E-state index is 0.435. The van der Waals surface area contributed by atoms with Crippen molar-refractivity contribution in [3.05, 3.63) is 18.7 Å². The van der Waals surface area contributed by atoms with Crippen LogP contribution in [0.1, 0.15) is 19.8 Å². The zero-order valence-corrected chi connectivity index (χ0v) is 10.1. The van der Waals surface area contributed by atoms with Crippen molar-refractivity contribution >= 4 is 0 Å². The van der Waals surface area contributed by atoms with Gasteiger partial charge in [-0.3, -0.25) is 0 Å². The standard InChI is InChI=1S/C12H21N3O/c1-11(7-16-2)14-8-12(3-4-12)9-15-6-5-13-10-15/h5-6,10-11,14H,3-4,7-9H2,1-2H3. The molecule has 1 unspecified atom stereocenters. The first-order valence-corrected chi connectivity index (χ1v) is 5.92. The Morgan fingerprint density at radius 3 is 2.94 bits per heavy atom. The molecule has 2 rings (SSSR count). The molecule has 1 aromatic heterocycles. The summed E-state index contributed by atoms with van der Waals surface area (Å²) in [4.78, 5) is 4.08. The summed E-state index contributed by atoms with van der Waals surface area (Å²) in [5.41, 5.74) is 0.461. The second-order valence-electron chi connectivity index (χ2n) is 4.97. The highest BCUT2D eigenvalue weighted by Crippen LogP contribution is 2.46. The van der Waals surface area contributed by atoms with Crippen molar-refractivity contribution in [3.8, 4) is 0 Å². The summed E-state index contributed by atoms with van der Waals surface area (Å²) in [7, 11) is 1.75. The van der Waals surface area contributed by atoms with E-state index in [2.05, 4.69) is 21.8 Å². The Balaban J connectivity index is 1.76. The summed E-state index contributed by atoms with van der Waals surface area (Å²) < 4.78 is 7.29. The van der Waals surface area contributed by atoms with Gasteiger partial charge >= 0.3 is 0 Å². The summed E-state index contributed by atoms with van der Waals surface area (Å²) in [5.74, 6) is 0. The van der Waals surface area contributed by atoms with Gasteiger partial charge in [0.05, 0.1) is 12.9 Å². The van der Waals surface area contributed by atoms with E-state index in [0.29, 0.717) is 11.5 Å². The van der Waals surface area contributed by atoms with Crippen LogP contribution in [-0.4, -0.2) is 35.9 Å². The van der Waals surface area contributed by atoms with E-state index in [9.17, 15) is 0 Å². The first-order valence-electron chi connectivity index (χ1n) is 5.92. The smallest absolute Gasteiger partial charge is 0.0946 e. The third-order valence-electron chi connectivity index (χ3n) is 3.28. The molecule has 1 heterocycles. The van der Waals surface area contributed by atoms with Crippen LogP contribution in [0.25, 0.3) is 0 Å². The van der Waals surface area contributed by atoms with E-state index in [0.717, 1.165) is 19.7 Å². The molecule has 0 radical (unpaired) electrons. The fourth-order valence-corrected chi connectivity index (χ4v) is 2.03. The van der Waals surface area contributed by atoms with Crippen LogP contribution in [0.4, 0.5) is 0 Å². The van der Waals surface area contributed by atoms with Crippen LogP contribution < -0.4 is 5.32 Å². The molecule has 0 bridgehead atoms. The third-order valence-corrected chi connectivity index (χ3v) is 3.28. The number of hydrogen-bond acceptors (Lipinski definition) is 3. The molecule has 16 heavy (non-hydrogen) atoms. The van der Waals surface area contributed by atoms with E-state index in [4.69, 9.17) is 4.74 Å². The van der Waals surface area contributed by atoms with E-state index in [1.807, 2.05) is 18.7 Å². The molecule has 1 atom stereocenters. The van der Waals surface area contributed by atoms with Gasteiger partial charge in [0.1, 0.15) is 0 Å². The van der Waals surface area contributed by atoms with Gasteiger partial charge in [0, 0.05) is 44.0 Å². The molecule has 0 saturated heterocycles. The molecule has 0 aromatic carbocycles.